The van der Waals surface area contributed by atoms with Crippen LogP contribution in [-0.2, 0) is 89.4 Å². The van der Waals surface area contributed by atoms with E-state index >= 15 is 8.78 Å². The molecule has 0 radical (unpaired) electrons. The smallest absolute Gasteiger partial charge is 0.409 e. The van der Waals surface area contributed by atoms with Gasteiger partial charge in [-0.25, -0.2) is 18.4 Å². The first-order valence-electron chi connectivity index (χ1n) is 37.4. The van der Waals surface area contributed by atoms with Gasteiger partial charge in [0, 0.05) is 98.3 Å². The molecule has 26 nitrogen and oxygen atoms in total. The Bertz CT molecular complexity index is 3850. The number of aliphatic hydroxyl groups excluding tert-OH is 1. The largest absolute Gasteiger partial charge is 0.458 e. The second-order valence-corrected chi connectivity index (χ2v) is 29.2. The number of fused-ring (bicyclic) bond motifs is 9. The van der Waals surface area contributed by atoms with E-state index in [2.05, 4.69) is 33.1 Å². The number of hydrogen-bond donors (Lipinski definition) is 6. The minimum absolute atomic E-state index is 0.0193. The zero-order chi connectivity index (χ0) is 77.8. The van der Waals surface area contributed by atoms with Crippen molar-refractivity contribution in [2.24, 2.45) is 40.2 Å². The zero-order valence-electron chi connectivity index (χ0n) is 62.5. The minimum atomic E-state index is -2.39. The zero-order valence-corrected chi connectivity index (χ0v) is 62.5. The molecule has 4 fully saturated rings. The van der Waals surface area contributed by atoms with E-state index in [1.165, 1.54) is 31.0 Å². The van der Waals surface area contributed by atoms with Crippen LogP contribution >= 0.6 is 0 Å². The van der Waals surface area contributed by atoms with Crippen molar-refractivity contribution < 1.29 is 99.7 Å². The minimum Gasteiger partial charge on any atom is -0.458 e. The number of carbonyl (C=O) groups excluding carboxylic acids is 10. The lowest BCUT2D eigenvalue weighted by Crippen LogP contribution is -2.71. The monoisotopic (exact) mass is 1500 g/mol. The van der Waals surface area contributed by atoms with E-state index in [4.69, 9.17) is 43.6 Å². The molecule has 2 heterocycles. The fourth-order valence-corrected chi connectivity index (χ4v) is 15.9. The summed E-state index contributed by atoms with van der Waals surface area (Å²) in [6, 6.07) is 20.0. The van der Waals surface area contributed by atoms with E-state index in [-0.39, 0.29) is 153 Å². The molecule has 28 heteroatoms. The van der Waals surface area contributed by atoms with Crippen molar-refractivity contribution in [3.63, 3.8) is 0 Å². The van der Waals surface area contributed by atoms with Crippen LogP contribution in [0.4, 0.5) is 29.7 Å². The number of ether oxygens (including phenoxy) is 8. The van der Waals surface area contributed by atoms with Crippen molar-refractivity contribution in [1.82, 2.24) is 20.9 Å². The maximum absolute atomic E-state index is 17.9. The van der Waals surface area contributed by atoms with Gasteiger partial charge in [-0.05, 0) is 123 Å². The number of ketones is 3. The fourth-order valence-electron chi connectivity index (χ4n) is 15.9. The standard InChI is InChI=1S/C80H103F2N7O19/c1-7-14-72-107-67-46-59-60-45-62(81)61-44-58(90)29-31-77(61,4)79(60,82)65(92)47-78(59,5)80(67,108-72)66(93)50-105-71(97)20-13-34-88(6)76(100)106-49-52-21-25-57(26-22-52)86-74(98)55(18-12-32-85-75(83)99)43-64(91)73(51(2)3)87-69(95)30-35-101-37-39-103-41-42-104-40-38-102-36-33-84-68(94)27-28-70(96)89-48-56-17-9-8-15-53(56)23-24-54-16-10-11-19-63(54)89/h8-11,15-17,19,21-22,25-26,29,31,44,51,55,59-60,62,65,67,72-73,92H,7,12-14,18,20,27-28,30,32-43,45-50H2,1-6H3,(H,84,94)(H,86,98)(H,87,95)(H3,83,85,99)/t55-,59+,60+,62+,65+,67-,72?,73+,77+,78+,79+,80-/m1/s1. The van der Waals surface area contributed by atoms with Gasteiger partial charge in [0.2, 0.25) is 29.4 Å². The quantitative estimate of drug-likeness (QED) is 0.0180. The lowest BCUT2D eigenvalue weighted by atomic mass is 9.44. The number of nitrogens with zero attached hydrogens (tertiary/aromatic N) is 2. The summed E-state index contributed by atoms with van der Waals surface area (Å²) in [7, 11) is 1.48. The van der Waals surface area contributed by atoms with Crippen LogP contribution in [0, 0.1) is 46.3 Å². The summed E-state index contributed by atoms with van der Waals surface area (Å²) in [6.07, 6.45) is -1.26. The highest BCUT2D eigenvalue weighted by molar-refractivity contribution is 6.02. The number of Topliss-reactive ketones (excluding diaryl/α,β-unsaturated/α-hetero) is 2. The van der Waals surface area contributed by atoms with Crippen LogP contribution in [0.2, 0.25) is 0 Å². The highest BCUT2D eigenvalue weighted by Gasteiger charge is 2.80. The third kappa shape index (κ3) is 20.2. The van der Waals surface area contributed by atoms with E-state index in [0.29, 0.717) is 62.6 Å². The molecule has 7 amide bonds. The number of nitrogens with one attached hydrogen (secondary N) is 4. The summed E-state index contributed by atoms with van der Waals surface area (Å²) in [5.74, 6) is -0.148. The van der Waals surface area contributed by atoms with Crippen LogP contribution in [0.1, 0.15) is 140 Å². The lowest BCUT2D eigenvalue weighted by Gasteiger charge is -2.63. The van der Waals surface area contributed by atoms with Crippen molar-refractivity contribution in [3.05, 3.63) is 119 Å². The number of halogens is 2. The maximum Gasteiger partial charge on any atom is 0.409 e. The van der Waals surface area contributed by atoms with Gasteiger partial charge in [0.05, 0.1) is 83.3 Å². The number of benzene rings is 3. The number of amides is 7. The molecule has 108 heavy (non-hydrogen) atoms. The van der Waals surface area contributed by atoms with Crippen LogP contribution in [0.3, 0.4) is 0 Å². The van der Waals surface area contributed by atoms with E-state index < -0.39 is 119 Å². The molecule has 9 rings (SSSR count). The molecule has 7 N–H and O–H groups in total. The Hall–Kier alpha value is -8.82. The van der Waals surface area contributed by atoms with Gasteiger partial charge >= 0.3 is 18.1 Å². The van der Waals surface area contributed by atoms with Crippen molar-refractivity contribution >= 4 is 70.4 Å². The Labute approximate surface area is 628 Å². The molecule has 586 valence electrons. The van der Waals surface area contributed by atoms with E-state index in [1.807, 2.05) is 55.5 Å². The van der Waals surface area contributed by atoms with E-state index in [0.717, 1.165) is 22.8 Å². The van der Waals surface area contributed by atoms with Gasteiger partial charge in [-0.1, -0.05) is 94.5 Å². The van der Waals surface area contributed by atoms with E-state index in [1.54, 1.807) is 49.9 Å². The third-order valence-corrected chi connectivity index (χ3v) is 21.6. The Balaban J connectivity index is 0.625. The predicted molar refractivity (Wildman–Crippen MR) is 391 cm³/mol. The first kappa shape index (κ1) is 83.2. The number of esters is 1. The Kier molecular flexibility index (Phi) is 29.7. The number of alkyl halides is 2. The molecule has 0 spiro atoms. The average Bonchev–Trinajstić information content (AvgIpc) is 1.43. The second-order valence-electron chi connectivity index (χ2n) is 29.2. The number of primary amides is 1. The van der Waals surface area contributed by atoms with Crippen LogP contribution in [0.25, 0.3) is 0 Å². The summed E-state index contributed by atoms with van der Waals surface area (Å²) in [6.45, 7) is 10.6. The van der Waals surface area contributed by atoms with Gasteiger partial charge < -0.3 is 79.8 Å². The van der Waals surface area contributed by atoms with E-state index in [9.17, 15) is 53.1 Å². The van der Waals surface area contributed by atoms with Crippen LogP contribution in [0.5, 0.6) is 0 Å². The number of urea groups is 1. The van der Waals surface area contributed by atoms with Gasteiger partial charge in [-0.15, -0.1) is 0 Å². The average molecular weight is 1500 g/mol. The first-order chi connectivity index (χ1) is 51.7. The second kappa shape index (κ2) is 38.5. The van der Waals surface area contributed by atoms with Gasteiger partial charge in [0.15, 0.2) is 35.7 Å². The number of para-hydroxylation sites is 1. The first-order valence-corrected chi connectivity index (χ1v) is 37.4. The van der Waals surface area contributed by atoms with Crippen LogP contribution in [0.15, 0.2) is 96.6 Å². The lowest BCUT2D eigenvalue weighted by molar-refractivity contribution is -0.235. The number of aliphatic hydroxyl groups is 1. The van der Waals surface area contributed by atoms with Crippen LogP contribution < -0.4 is 31.9 Å². The van der Waals surface area contributed by atoms with Gasteiger partial charge in [-0.2, -0.15) is 0 Å². The molecule has 1 unspecified atom stereocenters. The van der Waals surface area contributed by atoms with Gasteiger partial charge in [-0.3, -0.25) is 38.4 Å². The third-order valence-electron chi connectivity index (χ3n) is 21.6. The highest BCUT2D eigenvalue weighted by atomic mass is 19.1. The molecule has 3 saturated carbocycles. The predicted octanol–water partition coefficient (Wildman–Crippen LogP) is 7.76. The normalized spacial score (nSPS) is 24.7. The Morgan fingerprint density at radius 3 is 2.17 bits per heavy atom. The summed E-state index contributed by atoms with van der Waals surface area (Å²) in [5.41, 5.74) is 2.40. The van der Waals surface area contributed by atoms with Gasteiger partial charge in [0.1, 0.15) is 12.8 Å². The van der Waals surface area contributed by atoms with Gasteiger partial charge in [0.25, 0.3) is 0 Å². The van der Waals surface area contributed by atoms with Crippen LogP contribution in [-0.4, -0.2) is 197 Å². The number of allylic oxidation sites excluding steroid dienone is 4. The summed E-state index contributed by atoms with van der Waals surface area (Å²) >= 11 is 0. The summed E-state index contributed by atoms with van der Waals surface area (Å²) in [5, 5.41) is 22.8. The topological polar surface area (TPSA) is 345 Å². The molecule has 12 atom stereocenters. The van der Waals surface area contributed by atoms with Crippen molar-refractivity contribution in [3.8, 4) is 11.8 Å². The molecule has 3 aromatic carbocycles. The summed E-state index contributed by atoms with van der Waals surface area (Å²) in [4.78, 5) is 135. The molecule has 2 aliphatic heterocycles. The number of nitrogens with two attached hydrogens (primary N) is 1. The SMILES string of the molecule is CCCC1O[C@@H]2C[C@H]3[C@@H]4C[C@H](F)C5=CC(=O)C=C[C@]5(C)[C@@]4(F)[C@@H](O)C[C@]3(C)[C@]2(C(=O)COC(=O)CCCN(C)C(=O)OCc2ccc(NC(=O)[C@H](CCCNC(N)=O)CC(=O)[C@@H](NC(=O)CCOCCOCCOCCOCCNC(=O)CCC(=O)N3Cc4ccccc4C#Cc4ccccc43)C(C)C)cc2)O1. The molecular weight excluding hydrogens is 1400 g/mol. The number of hydrogen-bond acceptors (Lipinski definition) is 19. The fraction of sp³-hybridized carbons (Fsp3) is 0.575. The molecule has 0 bridgehead atoms. The molecule has 3 aromatic rings. The molecule has 6 aliphatic rings. The molecule has 0 aromatic heterocycles. The Morgan fingerprint density at radius 1 is 0.787 bits per heavy atom. The Morgan fingerprint density at radius 2 is 1.46 bits per heavy atom. The number of carbonyl (C=O) groups is 10. The molecular formula is C80H103F2N7O19. The number of anilines is 2. The number of rotatable bonds is 40. The molecule has 4 aliphatic carbocycles. The van der Waals surface area contributed by atoms with Crippen molar-refractivity contribution in [1.29, 1.82) is 0 Å². The molecule has 1 saturated heterocycles. The van der Waals surface area contributed by atoms with Crippen molar-refractivity contribution in [2.75, 3.05) is 96.4 Å². The maximum atomic E-state index is 17.9. The summed E-state index contributed by atoms with van der Waals surface area (Å²) < 4.78 is 80.4. The highest BCUT2D eigenvalue weighted by Crippen LogP contribution is 2.72. The van der Waals surface area contributed by atoms with Crippen molar-refractivity contribution in [2.45, 2.75) is 173 Å².